The average molecular weight is 375 g/mol. The highest BCUT2D eigenvalue weighted by atomic mass is 79.9. The van der Waals surface area contributed by atoms with Crippen LogP contribution >= 0.6 is 43.2 Å². The number of aryl methyl sites for hydroxylation is 2. The SMILES string of the molecule is Cc1cc(C(N)c2ccc(Br)cc2Br)c(C)s1. The first-order chi connectivity index (χ1) is 7.99. The summed E-state index contributed by atoms with van der Waals surface area (Å²) in [4.78, 5) is 2.60. The molecule has 0 bridgehead atoms. The lowest BCUT2D eigenvalue weighted by Crippen LogP contribution is -2.12. The van der Waals surface area contributed by atoms with Crippen molar-refractivity contribution in [1.29, 1.82) is 0 Å². The molecule has 2 rings (SSSR count). The highest BCUT2D eigenvalue weighted by Gasteiger charge is 2.16. The normalized spacial score (nSPS) is 12.8. The van der Waals surface area contributed by atoms with E-state index in [1.165, 1.54) is 15.3 Å². The van der Waals surface area contributed by atoms with E-state index in [1.807, 2.05) is 12.1 Å². The van der Waals surface area contributed by atoms with E-state index < -0.39 is 0 Å². The second-order valence-electron chi connectivity index (χ2n) is 4.01. The Balaban J connectivity index is 2.43. The molecular weight excluding hydrogens is 362 g/mol. The zero-order chi connectivity index (χ0) is 12.6. The van der Waals surface area contributed by atoms with Crippen molar-refractivity contribution in [2.45, 2.75) is 19.9 Å². The van der Waals surface area contributed by atoms with Crippen molar-refractivity contribution in [3.63, 3.8) is 0 Å². The first kappa shape index (κ1) is 13.3. The van der Waals surface area contributed by atoms with Crippen LogP contribution in [0.1, 0.15) is 26.9 Å². The summed E-state index contributed by atoms with van der Waals surface area (Å²) >= 11 is 8.82. The van der Waals surface area contributed by atoms with E-state index in [0.717, 1.165) is 14.5 Å². The Hall–Kier alpha value is -0.160. The molecular formula is C13H13Br2NS. The third-order valence-electron chi connectivity index (χ3n) is 2.71. The molecule has 2 aromatic rings. The summed E-state index contributed by atoms with van der Waals surface area (Å²) in [5.41, 5.74) is 8.68. The number of halogens is 2. The topological polar surface area (TPSA) is 26.0 Å². The molecule has 0 amide bonds. The molecule has 0 saturated heterocycles. The summed E-state index contributed by atoms with van der Waals surface area (Å²) in [5.74, 6) is 0. The molecule has 0 saturated carbocycles. The van der Waals surface area contributed by atoms with Gasteiger partial charge in [-0.1, -0.05) is 37.9 Å². The van der Waals surface area contributed by atoms with Crippen LogP contribution in [0.25, 0.3) is 0 Å². The lowest BCUT2D eigenvalue weighted by Gasteiger charge is -2.14. The van der Waals surface area contributed by atoms with Crippen LogP contribution < -0.4 is 5.73 Å². The van der Waals surface area contributed by atoms with Crippen LogP contribution in [-0.2, 0) is 0 Å². The Bertz CT molecular complexity index is 548. The summed E-state index contributed by atoms with van der Waals surface area (Å²) in [5, 5.41) is 0. The molecule has 1 aromatic carbocycles. The maximum Gasteiger partial charge on any atom is 0.0573 e. The van der Waals surface area contributed by atoms with Crippen LogP contribution in [0, 0.1) is 13.8 Å². The lowest BCUT2D eigenvalue weighted by atomic mass is 10.0. The third kappa shape index (κ3) is 2.81. The van der Waals surface area contributed by atoms with Crippen molar-refractivity contribution >= 4 is 43.2 Å². The monoisotopic (exact) mass is 373 g/mol. The predicted octanol–water partition coefficient (Wildman–Crippen LogP) is 4.94. The number of thiophene rings is 1. The Morgan fingerprint density at radius 3 is 2.35 bits per heavy atom. The smallest absolute Gasteiger partial charge is 0.0573 e. The van der Waals surface area contributed by atoms with Crippen molar-refractivity contribution in [3.05, 3.63) is 54.1 Å². The largest absolute Gasteiger partial charge is 0.320 e. The van der Waals surface area contributed by atoms with E-state index >= 15 is 0 Å². The molecule has 0 aliphatic rings. The quantitative estimate of drug-likeness (QED) is 0.791. The summed E-state index contributed by atoms with van der Waals surface area (Å²) in [6.07, 6.45) is 0. The summed E-state index contributed by atoms with van der Waals surface area (Å²) in [6.45, 7) is 4.24. The molecule has 0 aliphatic carbocycles. The Labute approximate surface area is 122 Å². The first-order valence-corrected chi connectivity index (χ1v) is 7.66. The Morgan fingerprint density at radius 2 is 1.82 bits per heavy atom. The van der Waals surface area contributed by atoms with E-state index in [-0.39, 0.29) is 6.04 Å². The highest BCUT2D eigenvalue weighted by Crippen LogP contribution is 2.33. The molecule has 4 heteroatoms. The number of rotatable bonds is 2. The van der Waals surface area contributed by atoms with Gasteiger partial charge >= 0.3 is 0 Å². The van der Waals surface area contributed by atoms with E-state index in [2.05, 4.69) is 57.8 Å². The van der Waals surface area contributed by atoms with Gasteiger partial charge < -0.3 is 5.73 Å². The van der Waals surface area contributed by atoms with Crippen LogP contribution in [-0.4, -0.2) is 0 Å². The lowest BCUT2D eigenvalue weighted by molar-refractivity contribution is 0.862. The Morgan fingerprint density at radius 1 is 1.12 bits per heavy atom. The second kappa shape index (κ2) is 5.22. The van der Waals surface area contributed by atoms with E-state index in [0.29, 0.717) is 0 Å². The zero-order valence-corrected chi connectivity index (χ0v) is 13.6. The van der Waals surface area contributed by atoms with E-state index in [1.54, 1.807) is 11.3 Å². The minimum atomic E-state index is -0.0672. The first-order valence-electron chi connectivity index (χ1n) is 5.26. The van der Waals surface area contributed by atoms with Crippen LogP contribution in [0.2, 0.25) is 0 Å². The van der Waals surface area contributed by atoms with Gasteiger partial charge in [0.25, 0.3) is 0 Å². The summed E-state index contributed by atoms with van der Waals surface area (Å²) < 4.78 is 2.10. The fourth-order valence-electron chi connectivity index (χ4n) is 1.88. The van der Waals surface area contributed by atoms with Crippen molar-refractivity contribution in [2.75, 3.05) is 0 Å². The van der Waals surface area contributed by atoms with Crippen molar-refractivity contribution < 1.29 is 0 Å². The van der Waals surface area contributed by atoms with Crippen LogP contribution in [0.3, 0.4) is 0 Å². The summed E-state index contributed by atoms with van der Waals surface area (Å²) in [6, 6.07) is 8.23. The number of benzene rings is 1. The van der Waals surface area contributed by atoms with Gasteiger partial charge in [0.2, 0.25) is 0 Å². The number of nitrogens with two attached hydrogens (primary N) is 1. The molecule has 1 aromatic heterocycles. The molecule has 1 nitrogen and oxygen atoms in total. The fraction of sp³-hybridized carbons (Fsp3) is 0.231. The molecule has 0 fully saturated rings. The van der Waals surface area contributed by atoms with Crippen LogP contribution in [0.4, 0.5) is 0 Å². The molecule has 90 valence electrons. The maximum absolute atomic E-state index is 6.34. The number of hydrogen-bond acceptors (Lipinski definition) is 2. The fourth-order valence-corrected chi connectivity index (χ4v) is 4.15. The molecule has 2 N–H and O–H groups in total. The van der Waals surface area contributed by atoms with Crippen molar-refractivity contribution in [2.24, 2.45) is 5.73 Å². The van der Waals surface area contributed by atoms with Crippen molar-refractivity contribution in [1.82, 2.24) is 0 Å². The van der Waals surface area contributed by atoms with Crippen LogP contribution in [0.15, 0.2) is 33.2 Å². The van der Waals surface area contributed by atoms with Gasteiger partial charge in [-0.2, -0.15) is 0 Å². The van der Waals surface area contributed by atoms with Crippen LogP contribution in [0.5, 0.6) is 0 Å². The molecule has 1 heterocycles. The van der Waals surface area contributed by atoms with E-state index in [9.17, 15) is 0 Å². The summed E-state index contributed by atoms with van der Waals surface area (Å²) in [7, 11) is 0. The van der Waals surface area contributed by atoms with Gasteiger partial charge in [0.05, 0.1) is 6.04 Å². The predicted molar refractivity (Wildman–Crippen MR) is 81.7 cm³/mol. The standard InChI is InChI=1S/C13H13Br2NS/c1-7-5-11(8(2)17-7)13(16)10-4-3-9(14)6-12(10)15/h3-6,13H,16H2,1-2H3. The van der Waals surface area contributed by atoms with Gasteiger partial charge in [-0.15, -0.1) is 11.3 Å². The molecule has 0 radical (unpaired) electrons. The average Bonchev–Trinajstić information content (AvgIpc) is 2.57. The van der Waals surface area contributed by atoms with Gasteiger partial charge in [0, 0.05) is 18.7 Å². The highest BCUT2D eigenvalue weighted by molar-refractivity contribution is 9.11. The maximum atomic E-state index is 6.34. The van der Waals surface area contributed by atoms with Gasteiger partial charge in [0.1, 0.15) is 0 Å². The molecule has 0 spiro atoms. The van der Waals surface area contributed by atoms with Crippen molar-refractivity contribution in [3.8, 4) is 0 Å². The third-order valence-corrected chi connectivity index (χ3v) is 4.87. The molecule has 0 aliphatic heterocycles. The zero-order valence-electron chi connectivity index (χ0n) is 9.63. The second-order valence-corrected chi connectivity index (χ2v) is 7.24. The molecule has 17 heavy (non-hydrogen) atoms. The van der Waals surface area contributed by atoms with Gasteiger partial charge in [-0.05, 0) is 43.2 Å². The van der Waals surface area contributed by atoms with Gasteiger partial charge in [-0.25, -0.2) is 0 Å². The minimum Gasteiger partial charge on any atom is -0.320 e. The number of hydrogen-bond donors (Lipinski definition) is 1. The van der Waals surface area contributed by atoms with E-state index in [4.69, 9.17) is 5.73 Å². The molecule has 1 unspecified atom stereocenters. The van der Waals surface area contributed by atoms with Gasteiger partial charge in [-0.3, -0.25) is 0 Å². The Kier molecular flexibility index (Phi) is 4.08. The van der Waals surface area contributed by atoms with Gasteiger partial charge in [0.15, 0.2) is 0 Å². The minimum absolute atomic E-state index is 0.0672. The molecule has 1 atom stereocenters.